The van der Waals surface area contributed by atoms with E-state index in [9.17, 15) is 0 Å². The van der Waals surface area contributed by atoms with Crippen LogP contribution in [0.5, 0.6) is 0 Å². The largest absolute Gasteiger partial charge is 0.394 e. The van der Waals surface area contributed by atoms with Crippen LogP contribution in [0.4, 0.5) is 17.3 Å². The Morgan fingerprint density at radius 1 is 1.36 bits per heavy atom. The zero-order chi connectivity index (χ0) is 15.9. The van der Waals surface area contributed by atoms with Gasteiger partial charge < -0.3 is 26.6 Å². The summed E-state index contributed by atoms with van der Waals surface area (Å²) in [7, 11) is 0. The summed E-state index contributed by atoms with van der Waals surface area (Å²) >= 11 is 1.58. The monoisotopic (exact) mass is 327 g/mol. The summed E-state index contributed by atoms with van der Waals surface area (Å²) in [6, 6.07) is 0.254. The smallest absolute Gasteiger partial charge is 0.191 e. The van der Waals surface area contributed by atoms with Crippen molar-refractivity contribution in [3.05, 3.63) is 0 Å². The predicted molar refractivity (Wildman–Crippen MR) is 90.0 cm³/mol. The number of thioether (sulfide) groups is 1. The van der Waals surface area contributed by atoms with Crippen LogP contribution in [0.15, 0.2) is 5.16 Å². The molecule has 0 aliphatic heterocycles. The van der Waals surface area contributed by atoms with E-state index in [1.54, 1.807) is 11.8 Å². The van der Waals surface area contributed by atoms with Gasteiger partial charge in [-0.05, 0) is 25.7 Å². The molecule has 7 nitrogen and oxygen atoms in total. The molecule has 8 heteroatoms. The van der Waals surface area contributed by atoms with Crippen LogP contribution in [-0.4, -0.2) is 46.2 Å². The molecule has 1 saturated carbocycles. The second-order valence-electron chi connectivity index (χ2n) is 5.37. The fraction of sp³-hybridized carbons (Fsp3) is 0.714. The third-order valence-corrected chi connectivity index (χ3v) is 4.61. The zero-order valence-corrected chi connectivity index (χ0v) is 13.7. The lowest BCUT2D eigenvalue weighted by molar-refractivity contribution is 0.0326. The van der Waals surface area contributed by atoms with Gasteiger partial charge in [0.25, 0.3) is 0 Å². The standard InChI is InChI=1S/C14H25N5O2S/c1-2-7-22-14-18-12(16)11(15)13(19-14)17-9-3-4-10(8-9)21-6-5-20/h9-10,20H,2-8,15H2,1H3,(H3,16,17,18,19). The molecule has 0 radical (unpaired) electrons. The third kappa shape index (κ3) is 4.62. The highest BCUT2D eigenvalue weighted by Crippen LogP contribution is 2.30. The molecule has 1 aliphatic rings. The average Bonchev–Trinajstić information content (AvgIpc) is 2.95. The Morgan fingerprint density at radius 2 is 2.18 bits per heavy atom. The highest BCUT2D eigenvalue weighted by Gasteiger charge is 2.26. The van der Waals surface area contributed by atoms with Crippen molar-refractivity contribution >= 4 is 29.1 Å². The summed E-state index contributed by atoms with van der Waals surface area (Å²) in [5.74, 6) is 1.88. The third-order valence-electron chi connectivity index (χ3n) is 3.56. The van der Waals surface area contributed by atoms with E-state index in [0.29, 0.717) is 29.1 Å². The van der Waals surface area contributed by atoms with Gasteiger partial charge in [-0.2, -0.15) is 0 Å². The van der Waals surface area contributed by atoms with Crippen LogP contribution in [0, 0.1) is 0 Å². The van der Waals surface area contributed by atoms with Crippen LogP contribution in [0.2, 0.25) is 0 Å². The van der Waals surface area contributed by atoms with Crippen molar-refractivity contribution in [2.45, 2.75) is 49.9 Å². The van der Waals surface area contributed by atoms with Gasteiger partial charge in [0, 0.05) is 11.8 Å². The van der Waals surface area contributed by atoms with Crippen LogP contribution >= 0.6 is 11.8 Å². The highest BCUT2D eigenvalue weighted by atomic mass is 32.2. The van der Waals surface area contributed by atoms with E-state index in [1.807, 2.05) is 0 Å². The normalized spacial score (nSPS) is 21.2. The number of anilines is 3. The van der Waals surface area contributed by atoms with Crippen LogP contribution < -0.4 is 16.8 Å². The van der Waals surface area contributed by atoms with E-state index >= 15 is 0 Å². The Bertz CT molecular complexity index is 489. The van der Waals surface area contributed by atoms with Gasteiger partial charge in [-0.1, -0.05) is 18.7 Å². The number of nitrogens with zero attached hydrogens (tertiary/aromatic N) is 2. The number of nitrogen functional groups attached to an aromatic ring is 2. The molecule has 124 valence electrons. The molecule has 6 N–H and O–H groups in total. The summed E-state index contributed by atoms with van der Waals surface area (Å²) in [6.45, 7) is 2.55. The van der Waals surface area contributed by atoms with Gasteiger partial charge in [0.1, 0.15) is 5.69 Å². The lowest BCUT2D eigenvalue weighted by atomic mass is 10.2. The molecule has 1 aromatic rings. The van der Waals surface area contributed by atoms with Gasteiger partial charge in [-0.3, -0.25) is 0 Å². The first-order valence-corrected chi connectivity index (χ1v) is 8.67. The second kappa shape index (κ2) is 8.40. The van der Waals surface area contributed by atoms with Gasteiger partial charge in [0.15, 0.2) is 16.8 Å². The first-order chi connectivity index (χ1) is 10.6. The molecular formula is C14H25N5O2S. The SMILES string of the molecule is CCCSc1nc(N)c(N)c(NC2CCC(OCCO)C2)n1. The van der Waals surface area contributed by atoms with Gasteiger partial charge in [-0.15, -0.1) is 0 Å². The Hall–Kier alpha value is -1.25. The fourth-order valence-corrected chi connectivity index (χ4v) is 3.17. The summed E-state index contributed by atoms with van der Waals surface area (Å²) in [5.41, 5.74) is 12.3. The molecule has 1 heterocycles. The van der Waals surface area contributed by atoms with Crippen molar-refractivity contribution in [2.24, 2.45) is 0 Å². The van der Waals surface area contributed by atoms with Crippen molar-refractivity contribution in [3.8, 4) is 0 Å². The number of aliphatic hydroxyl groups excluding tert-OH is 1. The molecule has 0 amide bonds. The number of rotatable bonds is 8. The molecule has 1 aromatic heterocycles. The first kappa shape index (κ1) is 17.1. The minimum atomic E-state index is 0.0575. The van der Waals surface area contributed by atoms with E-state index in [2.05, 4.69) is 22.2 Å². The molecule has 2 atom stereocenters. The molecular weight excluding hydrogens is 302 g/mol. The average molecular weight is 327 g/mol. The number of hydrogen-bond donors (Lipinski definition) is 4. The Morgan fingerprint density at radius 3 is 2.91 bits per heavy atom. The van der Waals surface area contributed by atoms with Crippen LogP contribution in [-0.2, 0) is 4.74 Å². The molecule has 2 unspecified atom stereocenters. The van der Waals surface area contributed by atoms with Crippen molar-refractivity contribution in [1.82, 2.24) is 9.97 Å². The molecule has 0 aromatic carbocycles. The lowest BCUT2D eigenvalue weighted by Crippen LogP contribution is -2.21. The topological polar surface area (TPSA) is 119 Å². The number of ether oxygens (including phenoxy) is 1. The van der Waals surface area contributed by atoms with E-state index < -0.39 is 0 Å². The maximum atomic E-state index is 8.81. The highest BCUT2D eigenvalue weighted by molar-refractivity contribution is 7.99. The van der Waals surface area contributed by atoms with E-state index in [0.717, 1.165) is 31.4 Å². The quantitative estimate of drug-likeness (QED) is 0.419. The Balaban J connectivity index is 1.98. The van der Waals surface area contributed by atoms with Crippen LogP contribution in [0.1, 0.15) is 32.6 Å². The number of hydrogen-bond acceptors (Lipinski definition) is 8. The summed E-state index contributed by atoms with van der Waals surface area (Å²) in [6.07, 6.45) is 4.06. The molecule has 1 fully saturated rings. The van der Waals surface area contributed by atoms with Crippen molar-refractivity contribution in [1.29, 1.82) is 0 Å². The summed E-state index contributed by atoms with van der Waals surface area (Å²) in [4.78, 5) is 8.69. The zero-order valence-electron chi connectivity index (χ0n) is 12.9. The molecule has 1 aliphatic carbocycles. The number of nitrogens with one attached hydrogen (secondary N) is 1. The maximum absolute atomic E-state index is 8.81. The van der Waals surface area contributed by atoms with Crippen molar-refractivity contribution in [2.75, 3.05) is 35.8 Å². The van der Waals surface area contributed by atoms with Gasteiger partial charge in [-0.25, -0.2) is 9.97 Å². The number of aliphatic hydroxyl groups is 1. The second-order valence-corrected chi connectivity index (χ2v) is 6.43. The first-order valence-electron chi connectivity index (χ1n) is 7.68. The number of aromatic nitrogens is 2. The lowest BCUT2D eigenvalue weighted by Gasteiger charge is -2.17. The molecule has 2 rings (SSSR count). The molecule has 0 bridgehead atoms. The molecule has 0 spiro atoms. The minimum Gasteiger partial charge on any atom is -0.394 e. The van der Waals surface area contributed by atoms with Gasteiger partial charge in [0.05, 0.1) is 19.3 Å². The summed E-state index contributed by atoms with van der Waals surface area (Å²) in [5, 5.41) is 12.8. The van der Waals surface area contributed by atoms with Crippen LogP contribution in [0.25, 0.3) is 0 Å². The van der Waals surface area contributed by atoms with E-state index in [-0.39, 0.29) is 18.8 Å². The van der Waals surface area contributed by atoms with Crippen LogP contribution in [0.3, 0.4) is 0 Å². The summed E-state index contributed by atoms with van der Waals surface area (Å²) < 4.78 is 5.57. The predicted octanol–water partition coefficient (Wildman–Crippen LogP) is 1.48. The van der Waals surface area contributed by atoms with E-state index in [4.69, 9.17) is 21.3 Å². The van der Waals surface area contributed by atoms with E-state index in [1.165, 1.54) is 0 Å². The van der Waals surface area contributed by atoms with Gasteiger partial charge in [0.2, 0.25) is 0 Å². The van der Waals surface area contributed by atoms with Gasteiger partial charge >= 0.3 is 0 Å². The van der Waals surface area contributed by atoms with Crippen molar-refractivity contribution < 1.29 is 9.84 Å². The van der Waals surface area contributed by atoms with Crippen molar-refractivity contribution in [3.63, 3.8) is 0 Å². The molecule has 0 saturated heterocycles. The fourth-order valence-electron chi connectivity index (χ4n) is 2.47. The number of nitrogens with two attached hydrogens (primary N) is 2. The maximum Gasteiger partial charge on any atom is 0.191 e. The minimum absolute atomic E-state index is 0.0575. The molecule has 22 heavy (non-hydrogen) atoms. The Kier molecular flexibility index (Phi) is 6.53. The Labute approximate surface area is 135 Å².